The Hall–Kier alpha value is -1.63. The minimum Gasteiger partial charge on any atom is -0.459 e. The van der Waals surface area contributed by atoms with Gasteiger partial charge in [-0.2, -0.15) is 0 Å². The number of carbonyl (C=O) groups is 3. The van der Waals surface area contributed by atoms with E-state index >= 15 is 0 Å². The van der Waals surface area contributed by atoms with Crippen molar-refractivity contribution in [2.24, 2.45) is 23.0 Å². The molecule has 7 heteroatoms. The SMILES string of the molecule is CC(C)CC(CC(=O)OCOC(=O)C(C)(C)C)C(N)C(=O)OC(C)(C)C. The van der Waals surface area contributed by atoms with Crippen LogP contribution in [0.4, 0.5) is 0 Å². The van der Waals surface area contributed by atoms with E-state index in [2.05, 4.69) is 0 Å². The van der Waals surface area contributed by atoms with Gasteiger partial charge in [0.1, 0.15) is 11.6 Å². The van der Waals surface area contributed by atoms with Crippen molar-refractivity contribution in [2.45, 2.75) is 79.9 Å². The van der Waals surface area contributed by atoms with Crippen molar-refractivity contribution in [2.75, 3.05) is 6.79 Å². The van der Waals surface area contributed by atoms with E-state index in [1.54, 1.807) is 41.5 Å². The first-order valence-corrected chi connectivity index (χ1v) is 8.94. The summed E-state index contributed by atoms with van der Waals surface area (Å²) in [6.07, 6.45) is 0.517. The molecule has 7 nitrogen and oxygen atoms in total. The summed E-state index contributed by atoms with van der Waals surface area (Å²) in [4.78, 5) is 35.9. The highest BCUT2D eigenvalue weighted by atomic mass is 16.7. The maximum Gasteiger partial charge on any atom is 0.323 e. The van der Waals surface area contributed by atoms with Gasteiger partial charge in [0.2, 0.25) is 6.79 Å². The van der Waals surface area contributed by atoms with Crippen LogP contribution in [0.5, 0.6) is 0 Å². The molecule has 0 spiro atoms. The van der Waals surface area contributed by atoms with Crippen molar-refractivity contribution in [3.8, 4) is 0 Å². The summed E-state index contributed by atoms with van der Waals surface area (Å²) in [7, 11) is 0. The van der Waals surface area contributed by atoms with Crippen LogP contribution in [0, 0.1) is 17.3 Å². The maximum absolute atomic E-state index is 12.2. The van der Waals surface area contributed by atoms with Crippen LogP contribution in [0.15, 0.2) is 0 Å². The highest BCUT2D eigenvalue weighted by Crippen LogP contribution is 2.22. The first-order chi connectivity index (χ1) is 11.6. The fraction of sp³-hybridized carbons (Fsp3) is 0.842. The first kappa shape index (κ1) is 24.4. The van der Waals surface area contributed by atoms with Crippen molar-refractivity contribution >= 4 is 17.9 Å². The lowest BCUT2D eigenvalue weighted by Crippen LogP contribution is -2.44. The normalized spacial score (nSPS) is 14.5. The van der Waals surface area contributed by atoms with Gasteiger partial charge in [-0.1, -0.05) is 13.8 Å². The molecule has 0 aliphatic carbocycles. The van der Waals surface area contributed by atoms with Crippen LogP contribution in [0.3, 0.4) is 0 Å². The molecule has 0 heterocycles. The van der Waals surface area contributed by atoms with Gasteiger partial charge in [-0.3, -0.25) is 14.4 Å². The predicted molar refractivity (Wildman–Crippen MR) is 97.9 cm³/mol. The molecule has 0 aliphatic heterocycles. The molecule has 0 aromatic carbocycles. The Bertz CT molecular complexity index is 487. The molecular formula is C19H35NO6. The lowest BCUT2D eigenvalue weighted by Gasteiger charge is -2.27. The minimum absolute atomic E-state index is 0.0499. The number of rotatable bonds is 8. The van der Waals surface area contributed by atoms with Gasteiger partial charge >= 0.3 is 17.9 Å². The Morgan fingerprint density at radius 2 is 1.50 bits per heavy atom. The Kier molecular flexibility index (Phi) is 9.28. The summed E-state index contributed by atoms with van der Waals surface area (Å²) < 4.78 is 15.2. The predicted octanol–water partition coefficient (Wildman–Crippen LogP) is 2.80. The van der Waals surface area contributed by atoms with Crippen molar-refractivity contribution in [1.29, 1.82) is 0 Å². The average molecular weight is 373 g/mol. The van der Waals surface area contributed by atoms with Gasteiger partial charge in [-0.25, -0.2) is 0 Å². The molecule has 0 aromatic rings. The van der Waals surface area contributed by atoms with Crippen molar-refractivity contribution in [3.63, 3.8) is 0 Å². The topological polar surface area (TPSA) is 105 Å². The molecule has 2 N–H and O–H groups in total. The molecule has 0 fully saturated rings. The van der Waals surface area contributed by atoms with Crippen LogP contribution in [0.25, 0.3) is 0 Å². The van der Waals surface area contributed by atoms with Crippen molar-refractivity contribution in [1.82, 2.24) is 0 Å². The van der Waals surface area contributed by atoms with Gasteiger partial charge in [-0.05, 0) is 59.8 Å². The maximum atomic E-state index is 12.2. The van der Waals surface area contributed by atoms with Crippen molar-refractivity contribution < 1.29 is 28.6 Å². The van der Waals surface area contributed by atoms with E-state index < -0.39 is 47.7 Å². The van der Waals surface area contributed by atoms with Gasteiger partial charge in [0.25, 0.3) is 0 Å². The molecule has 2 unspecified atom stereocenters. The number of esters is 3. The van der Waals surface area contributed by atoms with Gasteiger partial charge in [0.15, 0.2) is 0 Å². The molecule has 26 heavy (non-hydrogen) atoms. The van der Waals surface area contributed by atoms with Crippen LogP contribution in [0.2, 0.25) is 0 Å². The molecule has 0 amide bonds. The van der Waals surface area contributed by atoms with E-state index in [4.69, 9.17) is 19.9 Å². The fourth-order valence-corrected chi connectivity index (χ4v) is 2.16. The van der Waals surface area contributed by atoms with Gasteiger partial charge in [0, 0.05) is 0 Å². The second-order valence-corrected chi connectivity index (χ2v) is 8.97. The molecule has 2 atom stereocenters. The van der Waals surface area contributed by atoms with Gasteiger partial charge in [0.05, 0.1) is 11.8 Å². The van der Waals surface area contributed by atoms with Crippen molar-refractivity contribution in [3.05, 3.63) is 0 Å². The Balaban J connectivity index is 4.72. The lowest BCUT2D eigenvalue weighted by atomic mass is 9.88. The zero-order valence-corrected chi connectivity index (χ0v) is 17.4. The first-order valence-electron chi connectivity index (χ1n) is 8.94. The number of hydrogen-bond donors (Lipinski definition) is 1. The highest BCUT2D eigenvalue weighted by molar-refractivity contribution is 5.78. The molecule has 0 saturated carbocycles. The van der Waals surface area contributed by atoms with E-state index in [1.807, 2.05) is 13.8 Å². The van der Waals surface area contributed by atoms with Crippen LogP contribution >= 0.6 is 0 Å². The molecule has 0 aromatic heterocycles. The summed E-state index contributed by atoms with van der Waals surface area (Å²) in [6.45, 7) is 13.9. The molecule has 0 radical (unpaired) electrons. The number of ether oxygens (including phenoxy) is 3. The van der Waals surface area contributed by atoms with Crippen LogP contribution < -0.4 is 5.73 Å². The van der Waals surface area contributed by atoms with Crippen LogP contribution in [0.1, 0.15) is 68.2 Å². The average Bonchev–Trinajstić information content (AvgIpc) is 2.42. The zero-order valence-electron chi connectivity index (χ0n) is 17.4. The van der Waals surface area contributed by atoms with E-state index in [0.29, 0.717) is 6.42 Å². The summed E-state index contributed by atoms with van der Waals surface area (Å²) in [5.74, 6) is -1.77. The second kappa shape index (κ2) is 9.90. The number of nitrogens with two attached hydrogens (primary N) is 1. The second-order valence-electron chi connectivity index (χ2n) is 8.97. The molecule has 0 saturated heterocycles. The third kappa shape index (κ3) is 10.4. The zero-order chi connectivity index (χ0) is 20.7. The number of hydrogen-bond acceptors (Lipinski definition) is 7. The standard InChI is InChI=1S/C19H35NO6/c1-12(2)9-13(15(20)16(22)26-19(6,7)8)10-14(21)24-11-25-17(23)18(3,4)5/h12-13,15H,9-11,20H2,1-8H3. The monoisotopic (exact) mass is 373 g/mol. The van der Waals surface area contributed by atoms with Gasteiger partial charge < -0.3 is 19.9 Å². The summed E-state index contributed by atoms with van der Waals surface area (Å²) in [5, 5.41) is 0. The largest absolute Gasteiger partial charge is 0.459 e. The smallest absolute Gasteiger partial charge is 0.323 e. The highest BCUT2D eigenvalue weighted by Gasteiger charge is 2.32. The minimum atomic E-state index is -0.929. The van der Waals surface area contributed by atoms with Gasteiger partial charge in [-0.15, -0.1) is 0 Å². The summed E-state index contributed by atoms with van der Waals surface area (Å²) >= 11 is 0. The molecular weight excluding hydrogens is 338 g/mol. The Morgan fingerprint density at radius 1 is 0.962 bits per heavy atom. The lowest BCUT2D eigenvalue weighted by molar-refractivity contribution is -0.173. The van der Waals surface area contributed by atoms with E-state index in [1.165, 1.54) is 0 Å². The Morgan fingerprint density at radius 3 is 1.92 bits per heavy atom. The number of carbonyl (C=O) groups excluding carboxylic acids is 3. The quantitative estimate of drug-likeness (QED) is 0.515. The Labute approximate surface area is 156 Å². The fourth-order valence-electron chi connectivity index (χ4n) is 2.16. The van der Waals surface area contributed by atoms with Crippen LogP contribution in [-0.4, -0.2) is 36.3 Å². The molecule has 0 aliphatic rings. The summed E-state index contributed by atoms with van der Waals surface area (Å²) in [5.41, 5.74) is 4.70. The summed E-state index contributed by atoms with van der Waals surface area (Å²) in [6, 6.07) is -0.929. The van der Waals surface area contributed by atoms with E-state index in [0.717, 1.165) is 0 Å². The molecule has 0 bridgehead atoms. The third-order valence-corrected chi connectivity index (χ3v) is 3.41. The molecule has 152 valence electrons. The molecule has 0 rings (SSSR count). The van der Waals surface area contributed by atoms with E-state index in [9.17, 15) is 14.4 Å². The third-order valence-electron chi connectivity index (χ3n) is 3.41. The van der Waals surface area contributed by atoms with E-state index in [-0.39, 0.29) is 12.3 Å². The van der Waals surface area contributed by atoms with Crippen LogP contribution in [-0.2, 0) is 28.6 Å².